The van der Waals surface area contributed by atoms with E-state index in [-0.39, 0.29) is 11.8 Å². The minimum atomic E-state index is -0.130. The number of carbonyl (C=O) groups is 1. The van der Waals surface area contributed by atoms with Crippen LogP contribution in [-0.2, 0) is 6.42 Å². The van der Waals surface area contributed by atoms with Gasteiger partial charge in [-0.2, -0.15) is 0 Å². The van der Waals surface area contributed by atoms with Crippen LogP contribution in [0.15, 0.2) is 24.3 Å². The molecule has 0 aliphatic carbocycles. The summed E-state index contributed by atoms with van der Waals surface area (Å²) in [4.78, 5) is 16.1. The van der Waals surface area contributed by atoms with Gasteiger partial charge in [-0.3, -0.25) is 4.90 Å². The molecule has 1 aromatic rings. The highest BCUT2D eigenvalue weighted by molar-refractivity contribution is 5.74. The first-order chi connectivity index (χ1) is 10.6. The fraction of sp³-hybridized carbons (Fsp3) is 0.588. The van der Waals surface area contributed by atoms with Crippen molar-refractivity contribution in [2.45, 2.75) is 20.3 Å². The van der Waals surface area contributed by atoms with Gasteiger partial charge in [0.2, 0.25) is 0 Å². The van der Waals surface area contributed by atoms with Crippen LogP contribution in [0, 0.1) is 11.7 Å². The molecule has 5 heteroatoms. The summed E-state index contributed by atoms with van der Waals surface area (Å²) in [5.41, 5.74) is 0.764. The number of hydrogen-bond donors (Lipinski definition) is 1. The molecule has 1 aliphatic heterocycles. The minimum absolute atomic E-state index is 0.0300. The van der Waals surface area contributed by atoms with E-state index >= 15 is 0 Å². The molecule has 1 N–H and O–H groups in total. The largest absolute Gasteiger partial charge is 0.338 e. The molecular formula is C17H26FN3O. The fourth-order valence-electron chi connectivity index (χ4n) is 2.56. The summed E-state index contributed by atoms with van der Waals surface area (Å²) >= 11 is 0. The first kappa shape index (κ1) is 16.7. The van der Waals surface area contributed by atoms with E-state index in [9.17, 15) is 9.18 Å². The van der Waals surface area contributed by atoms with E-state index in [2.05, 4.69) is 24.1 Å². The van der Waals surface area contributed by atoms with E-state index in [1.807, 2.05) is 17.0 Å². The molecular weight excluding hydrogens is 281 g/mol. The number of benzene rings is 1. The highest BCUT2D eigenvalue weighted by Gasteiger charge is 2.20. The SMILES string of the molecule is CC(C)CNC(=O)N1CCN(CCc2ccccc2F)CC1. The lowest BCUT2D eigenvalue weighted by atomic mass is 10.1. The van der Waals surface area contributed by atoms with Gasteiger partial charge in [-0.05, 0) is 24.0 Å². The quantitative estimate of drug-likeness (QED) is 0.906. The van der Waals surface area contributed by atoms with E-state index in [1.54, 1.807) is 6.07 Å². The van der Waals surface area contributed by atoms with E-state index in [0.29, 0.717) is 18.9 Å². The number of hydrogen-bond acceptors (Lipinski definition) is 2. The molecule has 0 unspecified atom stereocenters. The number of carbonyl (C=O) groups excluding carboxylic acids is 1. The normalized spacial score (nSPS) is 16.1. The number of halogens is 1. The van der Waals surface area contributed by atoms with Crippen LogP contribution in [0.4, 0.5) is 9.18 Å². The monoisotopic (exact) mass is 307 g/mol. The highest BCUT2D eigenvalue weighted by atomic mass is 19.1. The zero-order chi connectivity index (χ0) is 15.9. The summed E-state index contributed by atoms with van der Waals surface area (Å²) < 4.78 is 13.6. The smallest absolute Gasteiger partial charge is 0.317 e. The van der Waals surface area contributed by atoms with Crippen LogP contribution in [0.1, 0.15) is 19.4 Å². The number of rotatable bonds is 5. The first-order valence-electron chi connectivity index (χ1n) is 8.05. The van der Waals surface area contributed by atoms with Crippen LogP contribution in [0.5, 0.6) is 0 Å². The molecule has 2 amide bonds. The van der Waals surface area contributed by atoms with Crippen LogP contribution in [0.2, 0.25) is 0 Å². The van der Waals surface area contributed by atoms with Gasteiger partial charge in [0, 0.05) is 39.3 Å². The molecule has 0 radical (unpaired) electrons. The topological polar surface area (TPSA) is 35.6 Å². The molecule has 0 saturated carbocycles. The second-order valence-electron chi connectivity index (χ2n) is 6.25. The predicted molar refractivity (Wildman–Crippen MR) is 86.4 cm³/mol. The van der Waals surface area contributed by atoms with Crippen molar-refractivity contribution in [2.24, 2.45) is 5.92 Å². The van der Waals surface area contributed by atoms with Crippen molar-refractivity contribution in [3.8, 4) is 0 Å². The van der Waals surface area contributed by atoms with E-state index in [4.69, 9.17) is 0 Å². The molecule has 0 spiro atoms. The van der Waals surface area contributed by atoms with Crippen molar-refractivity contribution in [3.63, 3.8) is 0 Å². The lowest BCUT2D eigenvalue weighted by Gasteiger charge is -2.34. The third-order valence-electron chi connectivity index (χ3n) is 3.98. The lowest BCUT2D eigenvalue weighted by molar-refractivity contribution is 0.139. The van der Waals surface area contributed by atoms with Crippen LogP contribution in [0.25, 0.3) is 0 Å². The molecule has 1 fully saturated rings. The molecule has 122 valence electrons. The van der Waals surface area contributed by atoms with E-state index < -0.39 is 0 Å². The third kappa shape index (κ3) is 4.98. The standard InChI is InChI=1S/C17H26FN3O/c1-14(2)13-19-17(22)21-11-9-20(10-12-21)8-7-15-5-3-4-6-16(15)18/h3-6,14H,7-13H2,1-2H3,(H,19,22). The highest BCUT2D eigenvalue weighted by Crippen LogP contribution is 2.09. The average molecular weight is 307 g/mol. The van der Waals surface area contributed by atoms with Gasteiger partial charge in [-0.15, -0.1) is 0 Å². The second kappa shape index (κ2) is 8.13. The van der Waals surface area contributed by atoms with Gasteiger partial charge >= 0.3 is 6.03 Å². The number of urea groups is 1. The number of amides is 2. The molecule has 1 aliphatic rings. The van der Waals surface area contributed by atoms with Crippen molar-refractivity contribution in [2.75, 3.05) is 39.3 Å². The molecule has 0 bridgehead atoms. The molecule has 22 heavy (non-hydrogen) atoms. The molecule has 0 aromatic heterocycles. The minimum Gasteiger partial charge on any atom is -0.338 e. The Morgan fingerprint density at radius 3 is 2.55 bits per heavy atom. The van der Waals surface area contributed by atoms with Gasteiger partial charge in [0.1, 0.15) is 5.82 Å². The Morgan fingerprint density at radius 2 is 1.91 bits per heavy atom. The summed E-state index contributed by atoms with van der Waals surface area (Å²) in [6.07, 6.45) is 0.715. The Morgan fingerprint density at radius 1 is 1.23 bits per heavy atom. The van der Waals surface area contributed by atoms with Crippen molar-refractivity contribution in [1.82, 2.24) is 15.1 Å². The fourth-order valence-corrected chi connectivity index (χ4v) is 2.56. The van der Waals surface area contributed by atoms with Crippen molar-refractivity contribution in [1.29, 1.82) is 0 Å². The molecule has 4 nitrogen and oxygen atoms in total. The average Bonchev–Trinajstić information content (AvgIpc) is 2.52. The van der Waals surface area contributed by atoms with Crippen LogP contribution in [-0.4, -0.2) is 55.1 Å². The third-order valence-corrected chi connectivity index (χ3v) is 3.98. The Bertz CT molecular complexity index is 485. The van der Waals surface area contributed by atoms with E-state index in [0.717, 1.165) is 38.3 Å². The van der Waals surface area contributed by atoms with Crippen LogP contribution >= 0.6 is 0 Å². The summed E-state index contributed by atoms with van der Waals surface area (Å²) in [5, 5.41) is 2.95. The van der Waals surface area contributed by atoms with Gasteiger partial charge < -0.3 is 10.2 Å². The van der Waals surface area contributed by atoms with Crippen LogP contribution in [0.3, 0.4) is 0 Å². The molecule has 1 saturated heterocycles. The van der Waals surface area contributed by atoms with E-state index in [1.165, 1.54) is 6.07 Å². The predicted octanol–water partition coefficient (Wildman–Crippen LogP) is 2.35. The van der Waals surface area contributed by atoms with Gasteiger partial charge in [0.25, 0.3) is 0 Å². The summed E-state index contributed by atoms with van der Waals surface area (Å²) in [5.74, 6) is 0.334. The van der Waals surface area contributed by atoms with Crippen molar-refractivity contribution in [3.05, 3.63) is 35.6 Å². The Balaban J connectivity index is 1.71. The number of piperazine rings is 1. The molecule has 1 heterocycles. The van der Waals surface area contributed by atoms with Crippen LogP contribution < -0.4 is 5.32 Å². The lowest BCUT2D eigenvalue weighted by Crippen LogP contribution is -2.52. The van der Waals surface area contributed by atoms with Gasteiger partial charge in [0.15, 0.2) is 0 Å². The Hall–Kier alpha value is -1.62. The number of nitrogens with one attached hydrogen (secondary N) is 1. The zero-order valence-electron chi connectivity index (χ0n) is 13.5. The van der Waals surface area contributed by atoms with Crippen molar-refractivity contribution >= 4 is 6.03 Å². The summed E-state index contributed by atoms with van der Waals surface area (Å²) in [6.45, 7) is 8.89. The molecule has 0 atom stereocenters. The van der Waals surface area contributed by atoms with Crippen molar-refractivity contribution < 1.29 is 9.18 Å². The van der Waals surface area contributed by atoms with Gasteiger partial charge in [-0.1, -0.05) is 32.0 Å². The number of nitrogens with zero attached hydrogens (tertiary/aromatic N) is 2. The summed E-state index contributed by atoms with van der Waals surface area (Å²) in [7, 11) is 0. The Kier molecular flexibility index (Phi) is 6.19. The Labute approximate surface area is 132 Å². The second-order valence-corrected chi connectivity index (χ2v) is 6.25. The maximum absolute atomic E-state index is 13.6. The van der Waals surface area contributed by atoms with Gasteiger partial charge in [-0.25, -0.2) is 9.18 Å². The zero-order valence-corrected chi connectivity index (χ0v) is 13.5. The van der Waals surface area contributed by atoms with Gasteiger partial charge in [0.05, 0.1) is 0 Å². The maximum atomic E-state index is 13.6. The molecule has 1 aromatic carbocycles. The summed E-state index contributed by atoms with van der Waals surface area (Å²) in [6, 6.07) is 6.96. The molecule has 2 rings (SSSR count). The first-order valence-corrected chi connectivity index (χ1v) is 8.05. The maximum Gasteiger partial charge on any atom is 0.317 e.